The van der Waals surface area contributed by atoms with E-state index in [1.54, 1.807) is 18.2 Å². The molecule has 1 aromatic rings. The number of amides is 2. The Balaban J connectivity index is 2.12. The van der Waals surface area contributed by atoms with E-state index in [0.717, 1.165) is 12.8 Å². The second-order valence-corrected chi connectivity index (χ2v) is 5.17. The lowest BCUT2D eigenvalue weighted by atomic mass is 10.2. The molecule has 0 heterocycles. The highest BCUT2D eigenvalue weighted by atomic mass is 35.5. The maximum absolute atomic E-state index is 11.8. The zero-order valence-electron chi connectivity index (χ0n) is 11.5. The lowest BCUT2D eigenvalue weighted by Crippen LogP contribution is -2.40. The number of hydrogen-bond donors (Lipinski definition) is 1. The van der Waals surface area contributed by atoms with Gasteiger partial charge in [-0.15, -0.1) is 0 Å². The van der Waals surface area contributed by atoms with Crippen LogP contribution in [-0.2, 0) is 9.59 Å². The fourth-order valence-electron chi connectivity index (χ4n) is 1.85. The molecule has 1 fully saturated rings. The molecule has 20 heavy (non-hydrogen) atoms. The fourth-order valence-corrected chi connectivity index (χ4v) is 2.10. The minimum atomic E-state index is -0.211. The molecule has 1 aliphatic carbocycles. The largest absolute Gasteiger partial charge is 0.495 e. The zero-order valence-corrected chi connectivity index (χ0v) is 12.2. The van der Waals surface area contributed by atoms with E-state index in [1.165, 1.54) is 18.9 Å². The maximum Gasteiger partial charge on any atom is 0.240 e. The molecule has 0 aliphatic heterocycles. The Morgan fingerprint density at radius 1 is 1.45 bits per heavy atom. The Bertz CT molecular complexity index is 529. The number of hydrogen-bond acceptors (Lipinski definition) is 3. The molecule has 0 radical (unpaired) electrons. The third kappa shape index (κ3) is 3.63. The van der Waals surface area contributed by atoms with Crippen LogP contribution >= 0.6 is 11.6 Å². The molecule has 0 unspecified atom stereocenters. The Morgan fingerprint density at radius 3 is 2.65 bits per heavy atom. The van der Waals surface area contributed by atoms with Gasteiger partial charge >= 0.3 is 0 Å². The number of benzene rings is 1. The number of nitrogens with one attached hydrogen (secondary N) is 1. The van der Waals surface area contributed by atoms with Crippen molar-refractivity contribution in [3.05, 3.63) is 23.2 Å². The van der Waals surface area contributed by atoms with Gasteiger partial charge in [0, 0.05) is 18.7 Å². The lowest BCUT2D eigenvalue weighted by molar-refractivity contribution is -0.123. The second-order valence-electron chi connectivity index (χ2n) is 4.77. The monoisotopic (exact) mass is 296 g/mol. The average molecular weight is 297 g/mol. The smallest absolute Gasteiger partial charge is 0.240 e. The summed E-state index contributed by atoms with van der Waals surface area (Å²) >= 11 is 6.05. The van der Waals surface area contributed by atoms with Gasteiger partial charge in [-0.3, -0.25) is 9.59 Å². The third-order valence-electron chi connectivity index (χ3n) is 3.07. The Labute approximate surface area is 122 Å². The zero-order chi connectivity index (χ0) is 14.7. The van der Waals surface area contributed by atoms with E-state index in [9.17, 15) is 9.59 Å². The van der Waals surface area contributed by atoms with E-state index in [-0.39, 0.29) is 24.4 Å². The summed E-state index contributed by atoms with van der Waals surface area (Å²) in [6.45, 7) is 1.41. The molecular weight excluding hydrogens is 280 g/mol. The van der Waals surface area contributed by atoms with Gasteiger partial charge in [0.2, 0.25) is 11.8 Å². The molecule has 0 aromatic heterocycles. The van der Waals surface area contributed by atoms with Crippen molar-refractivity contribution >= 4 is 29.1 Å². The van der Waals surface area contributed by atoms with E-state index in [4.69, 9.17) is 16.3 Å². The molecule has 2 rings (SSSR count). The minimum absolute atomic E-state index is 0.00547. The normalized spacial score (nSPS) is 13.8. The summed E-state index contributed by atoms with van der Waals surface area (Å²) in [7, 11) is 1.52. The second kappa shape index (κ2) is 6.13. The predicted octanol–water partition coefficient (Wildman–Crippen LogP) is 1.98. The van der Waals surface area contributed by atoms with Gasteiger partial charge in [-0.1, -0.05) is 11.6 Å². The van der Waals surface area contributed by atoms with Crippen LogP contribution in [0.3, 0.4) is 0 Å². The average Bonchev–Trinajstić information content (AvgIpc) is 3.19. The highest BCUT2D eigenvalue weighted by Gasteiger charge is 2.25. The first-order chi connectivity index (χ1) is 9.51. The summed E-state index contributed by atoms with van der Waals surface area (Å²) in [5.74, 6) is 0.160. The highest BCUT2D eigenvalue weighted by molar-refractivity contribution is 6.32. The third-order valence-corrected chi connectivity index (χ3v) is 3.37. The topological polar surface area (TPSA) is 58.6 Å². The van der Waals surface area contributed by atoms with Crippen molar-refractivity contribution in [3.63, 3.8) is 0 Å². The van der Waals surface area contributed by atoms with Crippen LogP contribution < -0.4 is 15.0 Å². The van der Waals surface area contributed by atoms with Crippen LogP contribution in [0.15, 0.2) is 18.2 Å². The predicted molar refractivity (Wildman–Crippen MR) is 77.2 cm³/mol. The number of carbonyl (C=O) groups excluding carboxylic acids is 2. The van der Waals surface area contributed by atoms with Gasteiger partial charge in [0.15, 0.2) is 0 Å². The lowest BCUT2D eigenvalue weighted by Gasteiger charge is -2.21. The van der Waals surface area contributed by atoms with Crippen LogP contribution in [0.5, 0.6) is 5.75 Å². The molecule has 0 atom stereocenters. The quantitative estimate of drug-likeness (QED) is 0.904. The summed E-state index contributed by atoms with van der Waals surface area (Å²) in [4.78, 5) is 24.9. The van der Waals surface area contributed by atoms with Crippen LogP contribution in [0, 0.1) is 0 Å². The SMILES string of the molecule is COc1ccc(N(CC(=O)NC2CC2)C(C)=O)cc1Cl. The summed E-state index contributed by atoms with van der Waals surface area (Å²) < 4.78 is 5.07. The first-order valence-corrected chi connectivity index (χ1v) is 6.80. The molecule has 2 amide bonds. The number of ether oxygens (including phenoxy) is 1. The van der Waals surface area contributed by atoms with Crippen molar-refractivity contribution < 1.29 is 14.3 Å². The van der Waals surface area contributed by atoms with E-state index < -0.39 is 0 Å². The van der Waals surface area contributed by atoms with Gasteiger partial charge < -0.3 is 15.0 Å². The Hall–Kier alpha value is -1.75. The molecule has 1 N–H and O–H groups in total. The summed E-state index contributed by atoms with van der Waals surface area (Å²) in [5, 5.41) is 3.26. The van der Waals surface area contributed by atoms with E-state index >= 15 is 0 Å². The van der Waals surface area contributed by atoms with Gasteiger partial charge in [0.05, 0.1) is 12.1 Å². The van der Waals surface area contributed by atoms with Crippen molar-refractivity contribution in [1.82, 2.24) is 5.32 Å². The molecule has 1 saturated carbocycles. The Kier molecular flexibility index (Phi) is 4.49. The van der Waals surface area contributed by atoms with Gasteiger partial charge in [-0.2, -0.15) is 0 Å². The molecule has 108 valence electrons. The first-order valence-electron chi connectivity index (χ1n) is 6.42. The summed E-state index contributed by atoms with van der Waals surface area (Å²) in [6.07, 6.45) is 2.03. The maximum atomic E-state index is 11.8. The van der Waals surface area contributed by atoms with Crippen molar-refractivity contribution in [3.8, 4) is 5.75 Å². The van der Waals surface area contributed by atoms with Crippen molar-refractivity contribution in [2.24, 2.45) is 0 Å². The minimum Gasteiger partial charge on any atom is -0.495 e. The van der Waals surface area contributed by atoms with E-state index in [0.29, 0.717) is 16.5 Å². The molecule has 1 aromatic carbocycles. The summed E-state index contributed by atoms with van der Waals surface area (Å²) in [5.41, 5.74) is 0.578. The van der Waals surface area contributed by atoms with Crippen LogP contribution in [0.1, 0.15) is 19.8 Å². The molecule has 0 spiro atoms. The molecule has 0 saturated heterocycles. The molecule has 6 heteroatoms. The number of halogens is 1. The highest BCUT2D eigenvalue weighted by Crippen LogP contribution is 2.29. The van der Waals surface area contributed by atoms with Crippen LogP contribution in [0.4, 0.5) is 5.69 Å². The molecule has 5 nitrogen and oxygen atoms in total. The molecular formula is C14H17ClN2O3. The summed E-state index contributed by atoms with van der Waals surface area (Å²) in [6, 6.07) is 5.27. The standard InChI is InChI=1S/C14H17ClN2O3/c1-9(18)17(8-14(19)16-10-3-4-10)11-5-6-13(20-2)12(15)7-11/h5-7,10H,3-4,8H2,1-2H3,(H,16,19). The number of methoxy groups -OCH3 is 1. The van der Waals surface area contributed by atoms with E-state index in [2.05, 4.69) is 5.32 Å². The first kappa shape index (κ1) is 14.7. The van der Waals surface area contributed by atoms with Crippen LogP contribution in [0.25, 0.3) is 0 Å². The van der Waals surface area contributed by atoms with Gasteiger partial charge in [0.1, 0.15) is 12.3 Å². The van der Waals surface area contributed by atoms with Crippen LogP contribution in [0.2, 0.25) is 5.02 Å². The molecule has 1 aliphatic rings. The van der Waals surface area contributed by atoms with Crippen molar-refractivity contribution in [1.29, 1.82) is 0 Å². The fraction of sp³-hybridized carbons (Fsp3) is 0.429. The number of carbonyl (C=O) groups is 2. The van der Waals surface area contributed by atoms with Gasteiger partial charge in [-0.05, 0) is 31.0 Å². The number of rotatable bonds is 5. The van der Waals surface area contributed by atoms with Crippen molar-refractivity contribution in [2.75, 3.05) is 18.6 Å². The molecule has 0 bridgehead atoms. The van der Waals surface area contributed by atoms with Gasteiger partial charge in [0.25, 0.3) is 0 Å². The Morgan fingerprint density at radius 2 is 2.15 bits per heavy atom. The number of nitrogens with zero attached hydrogens (tertiary/aromatic N) is 1. The van der Waals surface area contributed by atoms with E-state index in [1.807, 2.05) is 0 Å². The van der Waals surface area contributed by atoms with Gasteiger partial charge in [-0.25, -0.2) is 0 Å². The van der Waals surface area contributed by atoms with Crippen LogP contribution in [-0.4, -0.2) is 31.5 Å². The number of anilines is 1. The van der Waals surface area contributed by atoms with Crippen molar-refractivity contribution in [2.45, 2.75) is 25.8 Å².